The van der Waals surface area contributed by atoms with E-state index in [4.69, 9.17) is 21.3 Å². The van der Waals surface area contributed by atoms with Gasteiger partial charge < -0.3 is 10.1 Å². The van der Waals surface area contributed by atoms with Gasteiger partial charge in [-0.15, -0.1) is 11.3 Å². The molecule has 0 aliphatic carbocycles. The molecule has 0 spiro atoms. The number of halogens is 1. The number of hydrogen-bond donors (Lipinski definition) is 1. The van der Waals surface area contributed by atoms with Crippen LogP contribution >= 0.6 is 34.7 Å². The van der Waals surface area contributed by atoms with Gasteiger partial charge in [0.2, 0.25) is 5.91 Å². The van der Waals surface area contributed by atoms with E-state index in [0.717, 1.165) is 28.9 Å². The highest BCUT2D eigenvalue weighted by Gasteiger charge is 2.23. The van der Waals surface area contributed by atoms with Crippen LogP contribution in [0.4, 0.5) is 0 Å². The molecule has 7 nitrogen and oxygen atoms in total. The fraction of sp³-hybridized carbons (Fsp3) is 0.259. The third-order valence-corrected chi connectivity index (χ3v) is 8.04. The molecule has 0 atom stereocenters. The number of nitrogens with zero attached hydrogens (tertiary/aromatic N) is 2. The molecule has 10 heteroatoms. The van der Waals surface area contributed by atoms with Crippen molar-refractivity contribution in [1.29, 1.82) is 0 Å². The van der Waals surface area contributed by atoms with Crippen LogP contribution in [-0.4, -0.2) is 40.3 Å². The van der Waals surface area contributed by atoms with E-state index in [2.05, 4.69) is 5.32 Å². The van der Waals surface area contributed by atoms with Crippen molar-refractivity contribution in [1.82, 2.24) is 14.9 Å². The average Bonchev–Trinajstić information content (AvgIpc) is 3.23. The van der Waals surface area contributed by atoms with Gasteiger partial charge in [-0.1, -0.05) is 65.8 Å². The number of ether oxygens (including phenoxy) is 1. The molecule has 2 aromatic heterocycles. The number of thioether (sulfide) groups is 1. The molecule has 0 unspecified atom stereocenters. The Morgan fingerprint density at radius 1 is 1.11 bits per heavy atom. The SMILES string of the molecule is CCOC(=O)c1sc2nc(SCC(=O)NCCc3ccccc3)n(Cc3ccc(Cl)cc3)c(=O)c2c1C. The maximum absolute atomic E-state index is 13.6. The van der Waals surface area contributed by atoms with Crippen LogP contribution < -0.4 is 10.9 Å². The number of aryl methyl sites for hydroxylation is 1. The van der Waals surface area contributed by atoms with Crippen LogP contribution in [0.15, 0.2) is 64.5 Å². The largest absolute Gasteiger partial charge is 0.462 e. The molecule has 192 valence electrons. The summed E-state index contributed by atoms with van der Waals surface area (Å²) in [7, 11) is 0. The van der Waals surface area contributed by atoms with E-state index in [9.17, 15) is 14.4 Å². The second kappa shape index (κ2) is 12.4. The number of aromatic nitrogens is 2. The number of nitrogens with one attached hydrogen (secondary N) is 1. The van der Waals surface area contributed by atoms with Crippen LogP contribution in [0.3, 0.4) is 0 Å². The Morgan fingerprint density at radius 3 is 2.54 bits per heavy atom. The van der Waals surface area contributed by atoms with Gasteiger partial charge >= 0.3 is 5.97 Å². The minimum absolute atomic E-state index is 0.0996. The topological polar surface area (TPSA) is 90.3 Å². The van der Waals surface area contributed by atoms with Gasteiger partial charge in [-0.25, -0.2) is 9.78 Å². The van der Waals surface area contributed by atoms with Gasteiger partial charge in [0, 0.05) is 11.6 Å². The molecule has 2 aromatic carbocycles. The van der Waals surface area contributed by atoms with E-state index in [0.29, 0.717) is 37.4 Å². The van der Waals surface area contributed by atoms with Gasteiger partial charge in [0.1, 0.15) is 9.71 Å². The number of fused-ring (bicyclic) bond motifs is 1. The first-order valence-corrected chi connectivity index (χ1v) is 13.9. The minimum atomic E-state index is -0.473. The lowest BCUT2D eigenvalue weighted by molar-refractivity contribution is -0.118. The van der Waals surface area contributed by atoms with Crippen LogP contribution in [0, 0.1) is 6.92 Å². The molecular formula is C27H26ClN3O4S2. The smallest absolute Gasteiger partial charge is 0.348 e. The molecule has 0 radical (unpaired) electrons. The van der Waals surface area contributed by atoms with Crippen LogP contribution in [0.5, 0.6) is 0 Å². The summed E-state index contributed by atoms with van der Waals surface area (Å²) in [5.41, 5.74) is 2.29. The fourth-order valence-corrected chi connectivity index (χ4v) is 5.85. The molecule has 0 aliphatic rings. The van der Waals surface area contributed by atoms with Crippen molar-refractivity contribution in [2.45, 2.75) is 32.0 Å². The number of hydrogen-bond acceptors (Lipinski definition) is 7. The first kappa shape index (κ1) is 26.9. The molecule has 2 heterocycles. The zero-order chi connectivity index (χ0) is 26.4. The summed E-state index contributed by atoms with van der Waals surface area (Å²) in [6.45, 7) is 4.47. The lowest BCUT2D eigenvalue weighted by Gasteiger charge is -2.13. The normalized spacial score (nSPS) is 11.0. The predicted octanol–water partition coefficient (Wildman–Crippen LogP) is 5.10. The third-order valence-electron chi connectivity index (χ3n) is 5.64. The molecule has 0 saturated carbocycles. The monoisotopic (exact) mass is 555 g/mol. The lowest BCUT2D eigenvalue weighted by atomic mass is 10.1. The van der Waals surface area contributed by atoms with Crippen molar-refractivity contribution < 1.29 is 14.3 Å². The number of benzene rings is 2. The molecule has 37 heavy (non-hydrogen) atoms. The van der Waals surface area contributed by atoms with Crippen molar-refractivity contribution in [3.05, 3.63) is 91.5 Å². The molecule has 0 fully saturated rings. The summed E-state index contributed by atoms with van der Waals surface area (Å²) in [4.78, 5) is 44.2. The van der Waals surface area contributed by atoms with Gasteiger partial charge in [0.25, 0.3) is 5.56 Å². The van der Waals surface area contributed by atoms with Crippen molar-refractivity contribution in [3.63, 3.8) is 0 Å². The van der Waals surface area contributed by atoms with Crippen molar-refractivity contribution in [3.8, 4) is 0 Å². The number of carbonyl (C=O) groups excluding carboxylic acids is 2. The first-order valence-electron chi connectivity index (χ1n) is 11.8. The van der Waals surface area contributed by atoms with Gasteiger partial charge in [-0.2, -0.15) is 0 Å². The zero-order valence-corrected chi connectivity index (χ0v) is 22.8. The quantitative estimate of drug-likeness (QED) is 0.166. The molecule has 0 saturated heterocycles. The molecule has 0 bridgehead atoms. The number of rotatable bonds is 10. The molecule has 0 aliphatic heterocycles. The van der Waals surface area contributed by atoms with Crippen molar-refractivity contribution in [2.75, 3.05) is 18.9 Å². The Labute approximate surface area is 227 Å². The Kier molecular flexibility index (Phi) is 9.02. The van der Waals surface area contributed by atoms with Crippen molar-refractivity contribution in [2.24, 2.45) is 0 Å². The maximum atomic E-state index is 13.6. The Bertz CT molecular complexity index is 1470. The number of esters is 1. The Hall–Kier alpha value is -3.14. The van der Waals surface area contributed by atoms with E-state index in [1.807, 2.05) is 42.5 Å². The molecule has 1 N–H and O–H groups in total. The Morgan fingerprint density at radius 2 is 1.84 bits per heavy atom. The van der Waals surface area contributed by atoms with Crippen molar-refractivity contribution >= 4 is 56.8 Å². The minimum Gasteiger partial charge on any atom is -0.462 e. The van der Waals surface area contributed by atoms with Gasteiger partial charge in [0.05, 0.1) is 24.3 Å². The van der Waals surface area contributed by atoms with E-state index in [1.54, 1.807) is 30.5 Å². The molecule has 4 aromatic rings. The van der Waals surface area contributed by atoms with E-state index in [1.165, 1.54) is 11.8 Å². The first-order chi connectivity index (χ1) is 17.9. The van der Waals surface area contributed by atoms with E-state index in [-0.39, 0.29) is 30.4 Å². The average molecular weight is 556 g/mol. The molecule has 4 rings (SSSR count). The maximum Gasteiger partial charge on any atom is 0.348 e. The second-order valence-electron chi connectivity index (χ2n) is 8.24. The standard InChI is InChI=1S/C27H26ClN3O4S2/c1-3-35-26(34)23-17(2)22-24(37-23)30-27(31(25(22)33)15-19-9-11-20(28)12-10-19)36-16-21(32)29-14-13-18-7-5-4-6-8-18/h4-12H,3,13-16H2,1-2H3,(H,29,32). The Balaban J connectivity index is 1.59. The predicted molar refractivity (Wildman–Crippen MR) is 149 cm³/mol. The zero-order valence-electron chi connectivity index (χ0n) is 20.5. The lowest BCUT2D eigenvalue weighted by Crippen LogP contribution is -2.28. The number of thiophene rings is 1. The third kappa shape index (κ3) is 6.60. The summed E-state index contributed by atoms with van der Waals surface area (Å²) in [5, 5.41) is 4.31. The summed E-state index contributed by atoms with van der Waals surface area (Å²) in [6, 6.07) is 17.1. The van der Waals surface area contributed by atoms with Crippen LogP contribution in [-0.2, 0) is 22.5 Å². The summed E-state index contributed by atoms with van der Waals surface area (Å²) < 4.78 is 6.70. The summed E-state index contributed by atoms with van der Waals surface area (Å²) in [5.74, 6) is -0.524. The highest BCUT2D eigenvalue weighted by atomic mass is 35.5. The highest BCUT2D eigenvalue weighted by molar-refractivity contribution is 7.99. The highest BCUT2D eigenvalue weighted by Crippen LogP contribution is 2.30. The van der Waals surface area contributed by atoms with Gasteiger partial charge in [-0.05, 0) is 49.1 Å². The van der Waals surface area contributed by atoms with E-state index < -0.39 is 5.97 Å². The van der Waals surface area contributed by atoms with Crippen LogP contribution in [0.2, 0.25) is 5.02 Å². The molecule has 1 amide bonds. The van der Waals surface area contributed by atoms with E-state index >= 15 is 0 Å². The summed E-state index contributed by atoms with van der Waals surface area (Å²) in [6.07, 6.45) is 0.730. The van der Waals surface area contributed by atoms with Crippen LogP contribution in [0.1, 0.15) is 33.3 Å². The van der Waals surface area contributed by atoms with Crippen LogP contribution in [0.25, 0.3) is 10.2 Å². The summed E-state index contributed by atoms with van der Waals surface area (Å²) >= 11 is 8.35. The van der Waals surface area contributed by atoms with Gasteiger partial charge in [-0.3, -0.25) is 14.2 Å². The fourth-order valence-electron chi connectivity index (χ4n) is 3.78. The number of amides is 1. The molecular weight excluding hydrogens is 530 g/mol. The van der Waals surface area contributed by atoms with Gasteiger partial charge in [0.15, 0.2) is 5.16 Å². The second-order valence-corrected chi connectivity index (χ2v) is 10.6. The number of carbonyl (C=O) groups is 2.